The summed E-state index contributed by atoms with van der Waals surface area (Å²) < 4.78 is 10.2. The Bertz CT molecular complexity index is 1010. The predicted octanol–water partition coefficient (Wildman–Crippen LogP) is 3.12. The number of methoxy groups -OCH3 is 1. The lowest BCUT2D eigenvalue weighted by Gasteiger charge is -2.09. The van der Waals surface area contributed by atoms with Crippen LogP contribution in [0.1, 0.15) is 11.1 Å². The van der Waals surface area contributed by atoms with Crippen molar-refractivity contribution in [1.82, 2.24) is 10.3 Å². The number of benzene rings is 2. The molecule has 0 fully saturated rings. The van der Waals surface area contributed by atoms with Crippen LogP contribution < -0.4 is 10.1 Å². The van der Waals surface area contributed by atoms with Gasteiger partial charge in [-0.2, -0.15) is 0 Å². The van der Waals surface area contributed by atoms with Crippen molar-refractivity contribution in [3.8, 4) is 5.75 Å². The van der Waals surface area contributed by atoms with E-state index in [2.05, 4.69) is 10.3 Å². The SMILES string of the molecule is COc1ccccc1CNC(=O)COC(=O)/C=C/c1cccc2cccnc12. The minimum absolute atomic E-state index is 0.290. The molecule has 0 aliphatic heterocycles. The maximum atomic E-state index is 11.9. The Balaban J connectivity index is 1.51. The lowest BCUT2D eigenvalue weighted by Crippen LogP contribution is -2.28. The van der Waals surface area contributed by atoms with Crippen molar-refractivity contribution in [3.63, 3.8) is 0 Å². The zero-order valence-corrected chi connectivity index (χ0v) is 15.4. The molecule has 0 saturated heterocycles. The van der Waals surface area contributed by atoms with Crippen LogP contribution >= 0.6 is 0 Å². The number of hydrogen-bond acceptors (Lipinski definition) is 5. The summed E-state index contributed by atoms with van der Waals surface area (Å²) in [6.07, 6.45) is 4.62. The third kappa shape index (κ3) is 4.94. The van der Waals surface area contributed by atoms with Crippen LogP contribution in [0.25, 0.3) is 17.0 Å². The molecule has 2 aromatic carbocycles. The number of amides is 1. The molecule has 0 aliphatic rings. The van der Waals surface area contributed by atoms with E-state index in [-0.39, 0.29) is 19.1 Å². The summed E-state index contributed by atoms with van der Waals surface area (Å²) in [5.74, 6) is -0.300. The molecule has 0 aliphatic carbocycles. The van der Waals surface area contributed by atoms with E-state index < -0.39 is 5.97 Å². The van der Waals surface area contributed by atoms with Crippen molar-refractivity contribution in [2.24, 2.45) is 0 Å². The van der Waals surface area contributed by atoms with Gasteiger partial charge in [0.05, 0.1) is 12.6 Å². The number of fused-ring (bicyclic) bond motifs is 1. The van der Waals surface area contributed by atoms with Gasteiger partial charge in [0.2, 0.25) is 0 Å². The molecule has 1 N–H and O–H groups in total. The fraction of sp³-hybridized carbons (Fsp3) is 0.136. The second-order valence-corrected chi connectivity index (χ2v) is 5.95. The third-order valence-electron chi connectivity index (χ3n) is 4.08. The first-order valence-electron chi connectivity index (χ1n) is 8.74. The largest absolute Gasteiger partial charge is 0.496 e. The van der Waals surface area contributed by atoms with Gasteiger partial charge in [0.15, 0.2) is 6.61 Å². The van der Waals surface area contributed by atoms with Crippen molar-refractivity contribution in [2.75, 3.05) is 13.7 Å². The van der Waals surface area contributed by atoms with Gasteiger partial charge < -0.3 is 14.8 Å². The average molecular weight is 376 g/mol. The number of aromatic nitrogens is 1. The molecule has 3 rings (SSSR count). The molecule has 28 heavy (non-hydrogen) atoms. The van der Waals surface area contributed by atoms with Gasteiger partial charge in [-0.1, -0.05) is 42.5 Å². The monoisotopic (exact) mass is 376 g/mol. The topological polar surface area (TPSA) is 77.5 Å². The van der Waals surface area contributed by atoms with E-state index in [1.54, 1.807) is 19.4 Å². The molecular formula is C22H20N2O4. The Labute approximate surface area is 162 Å². The highest BCUT2D eigenvalue weighted by atomic mass is 16.5. The van der Waals surface area contributed by atoms with Gasteiger partial charge in [-0.25, -0.2) is 4.79 Å². The molecule has 0 bridgehead atoms. The molecule has 0 unspecified atom stereocenters. The standard InChI is InChI=1S/C22H20N2O4/c1-27-19-10-3-2-6-18(19)14-24-20(25)15-28-21(26)12-11-17-8-4-7-16-9-5-13-23-22(16)17/h2-13H,14-15H2,1H3,(H,24,25)/b12-11+. The Morgan fingerprint density at radius 1 is 1.07 bits per heavy atom. The molecule has 142 valence electrons. The number of hydrogen-bond donors (Lipinski definition) is 1. The Morgan fingerprint density at radius 3 is 2.75 bits per heavy atom. The maximum absolute atomic E-state index is 11.9. The molecule has 0 spiro atoms. The summed E-state index contributed by atoms with van der Waals surface area (Å²) in [7, 11) is 1.57. The van der Waals surface area contributed by atoms with Crippen LogP contribution in [0.5, 0.6) is 5.75 Å². The van der Waals surface area contributed by atoms with Gasteiger partial charge in [-0.05, 0) is 18.2 Å². The summed E-state index contributed by atoms with van der Waals surface area (Å²) in [5.41, 5.74) is 2.44. The number of nitrogens with one attached hydrogen (secondary N) is 1. The average Bonchev–Trinajstić information content (AvgIpc) is 2.74. The summed E-state index contributed by atoms with van der Waals surface area (Å²) in [4.78, 5) is 28.1. The highest BCUT2D eigenvalue weighted by Crippen LogP contribution is 2.17. The van der Waals surface area contributed by atoms with Crippen molar-refractivity contribution in [3.05, 3.63) is 78.0 Å². The summed E-state index contributed by atoms with van der Waals surface area (Å²) >= 11 is 0. The van der Waals surface area contributed by atoms with Crippen molar-refractivity contribution in [1.29, 1.82) is 0 Å². The fourth-order valence-electron chi connectivity index (χ4n) is 2.70. The van der Waals surface area contributed by atoms with E-state index in [1.165, 1.54) is 6.08 Å². The van der Waals surface area contributed by atoms with Gasteiger partial charge in [0, 0.05) is 35.3 Å². The van der Waals surface area contributed by atoms with Gasteiger partial charge in [0.25, 0.3) is 5.91 Å². The molecule has 6 heteroatoms. The van der Waals surface area contributed by atoms with E-state index in [1.807, 2.05) is 54.6 Å². The highest BCUT2D eigenvalue weighted by molar-refractivity contribution is 5.93. The van der Waals surface area contributed by atoms with E-state index >= 15 is 0 Å². The molecule has 0 radical (unpaired) electrons. The Hall–Kier alpha value is -3.67. The maximum Gasteiger partial charge on any atom is 0.331 e. The number of esters is 1. The molecule has 1 heterocycles. The number of nitrogens with zero attached hydrogens (tertiary/aromatic N) is 1. The van der Waals surface area contributed by atoms with Crippen molar-refractivity contribution in [2.45, 2.75) is 6.54 Å². The van der Waals surface area contributed by atoms with E-state index in [0.717, 1.165) is 22.0 Å². The zero-order chi connectivity index (χ0) is 19.8. The van der Waals surface area contributed by atoms with Crippen molar-refractivity contribution >= 4 is 28.9 Å². The van der Waals surface area contributed by atoms with Crippen molar-refractivity contribution < 1.29 is 19.1 Å². The zero-order valence-electron chi connectivity index (χ0n) is 15.4. The minimum Gasteiger partial charge on any atom is -0.496 e. The molecule has 3 aromatic rings. The Kier molecular flexibility index (Phi) is 6.36. The number of para-hydroxylation sites is 2. The molecular weight excluding hydrogens is 356 g/mol. The molecule has 1 aromatic heterocycles. The summed E-state index contributed by atoms with van der Waals surface area (Å²) in [6.45, 7) is -0.0655. The molecule has 0 saturated carbocycles. The van der Waals surface area contributed by atoms with Crippen LogP contribution in [0, 0.1) is 0 Å². The quantitative estimate of drug-likeness (QED) is 0.506. The van der Waals surface area contributed by atoms with Crippen LogP contribution in [-0.4, -0.2) is 30.6 Å². The van der Waals surface area contributed by atoms with E-state index in [4.69, 9.17) is 9.47 Å². The first-order valence-corrected chi connectivity index (χ1v) is 8.74. The molecule has 0 atom stereocenters. The first-order chi connectivity index (χ1) is 13.7. The third-order valence-corrected chi connectivity index (χ3v) is 4.08. The van der Waals surface area contributed by atoms with Crippen LogP contribution in [0.2, 0.25) is 0 Å². The van der Waals surface area contributed by atoms with Gasteiger partial charge in [0.1, 0.15) is 5.75 Å². The van der Waals surface area contributed by atoms with E-state index in [9.17, 15) is 9.59 Å². The Morgan fingerprint density at radius 2 is 1.89 bits per heavy atom. The first kappa shape index (κ1) is 19.1. The summed E-state index contributed by atoms with van der Waals surface area (Å²) in [5, 5.41) is 3.68. The lowest BCUT2D eigenvalue weighted by atomic mass is 10.1. The van der Waals surface area contributed by atoms with Crippen LogP contribution in [0.4, 0.5) is 0 Å². The van der Waals surface area contributed by atoms with Crippen LogP contribution in [0.3, 0.4) is 0 Å². The van der Waals surface area contributed by atoms with Crippen LogP contribution in [0.15, 0.2) is 66.9 Å². The highest BCUT2D eigenvalue weighted by Gasteiger charge is 2.07. The fourth-order valence-corrected chi connectivity index (χ4v) is 2.70. The molecule has 6 nitrogen and oxygen atoms in total. The second kappa shape index (κ2) is 9.32. The summed E-state index contributed by atoms with van der Waals surface area (Å²) in [6, 6.07) is 16.9. The molecule has 1 amide bonds. The number of carbonyl (C=O) groups is 2. The van der Waals surface area contributed by atoms with Gasteiger partial charge in [-0.15, -0.1) is 0 Å². The number of ether oxygens (including phenoxy) is 2. The van der Waals surface area contributed by atoms with Gasteiger partial charge in [-0.3, -0.25) is 9.78 Å². The minimum atomic E-state index is -0.597. The van der Waals surface area contributed by atoms with Gasteiger partial charge >= 0.3 is 5.97 Å². The number of carbonyl (C=O) groups excluding carboxylic acids is 2. The lowest BCUT2D eigenvalue weighted by molar-refractivity contribution is -0.143. The normalized spacial score (nSPS) is 10.8. The van der Waals surface area contributed by atoms with Crippen LogP contribution in [-0.2, 0) is 20.9 Å². The second-order valence-electron chi connectivity index (χ2n) is 5.95. The number of pyridine rings is 1. The number of rotatable bonds is 7. The van der Waals surface area contributed by atoms with E-state index in [0.29, 0.717) is 5.75 Å². The predicted molar refractivity (Wildman–Crippen MR) is 107 cm³/mol. The smallest absolute Gasteiger partial charge is 0.331 e.